The highest BCUT2D eigenvalue weighted by molar-refractivity contribution is 8.04. The molecule has 0 bridgehead atoms. The van der Waals surface area contributed by atoms with Crippen LogP contribution in [0.15, 0.2) is 88.2 Å². The Balaban J connectivity index is 0.956. The minimum absolute atomic E-state index is 0.448. The molecule has 1 saturated heterocycles. The van der Waals surface area contributed by atoms with Gasteiger partial charge in [0.25, 0.3) is 0 Å². The molecule has 0 spiro atoms. The van der Waals surface area contributed by atoms with Gasteiger partial charge in [0.05, 0.1) is 0 Å². The molecule has 1 aromatic carbocycles. The Hall–Kier alpha value is -2.39. The maximum Gasteiger partial charge on any atom is 0.0364 e. The predicted octanol–water partition coefficient (Wildman–Crippen LogP) is 10.5. The highest BCUT2D eigenvalue weighted by atomic mass is 32.2. The number of fused-ring (bicyclic) bond motifs is 5. The first-order chi connectivity index (χ1) is 22.3. The van der Waals surface area contributed by atoms with Crippen molar-refractivity contribution in [3.05, 3.63) is 99.3 Å². The van der Waals surface area contributed by atoms with Gasteiger partial charge in [-0.3, -0.25) is 0 Å². The molecular weight excluding hydrogens is 565 g/mol. The smallest absolute Gasteiger partial charge is 0.0364 e. The van der Waals surface area contributed by atoms with Gasteiger partial charge in [0.15, 0.2) is 0 Å². The summed E-state index contributed by atoms with van der Waals surface area (Å²) in [5.74, 6) is 3.43. The van der Waals surface area contributed by atoms with E-state index in [1.807, 2.05) is 5.57 Å². The van der Waals surface area contributed by atoms with E-state index >= 15 is 0 Å². The van der Waals surface area contributed by atoms with E-state index in [0.29, 0.717) is 23.9 Å². The predicted molar refractivity (Wildman–Crippen MR) is 191 cm³/mol. The average molecular weight is 617 g/mol. The highest BCUT2D eigenvalue weighted by Crippen LogP contribution is 2.59. The molecule has 2 fully saturated rings. The van der Waals surface area contributed by atoms with Gasteiger partial charge < -0.3 is 10.6 Å². The summed E-state index contributed by atoms with van der Waals surface area (Å²) in [6, 6.07) is 11.0. The lowest BCUT2D eigenvalue weighted by atomic mass is 9.68. The Labute approximate surface area is 276 Å². The van der Waals surface area contributed by atoms with Crippen molar-refractivity contribution in [2.24, 2.45) is 23.7 Å². The molecule has 2 heterocycles. The van der Waals surface area contributed by atoms with Crippen molar-refractivity contribution in [2.45, 2.75) is 126 Å². The first kappa shape index (κ1) is 28.8. The van der Waals surface area contributed by atoms with Crippen molar-refractivity contribution in [1.82, 2.24) is 10.6 Å². The zero-order valence-electron chi connectivity index (χ0n) is 27.1. The van der Waals surface area contributed by atoms with Crippen LogP contribution in [0.5, 0.6) is 0 Å². The van der Waals surface area contributed by atoms with Crippen LogP contribution in [0.2, 0.25) is 0 Å². The van der Waals surface area contributed by atoms with Gasteiger partial charge in [-0.2, -0.15) is 0 Å². The van der Waals surface area contributed by atoms with Crippen LogP contribution in [-0.2, 0) is 0 Å². The molecule has 0 radical (unpaired) electrons. The van der Waals surface area contributed by atoms with Crippen LogP contribution in [-0.4, -0.2) is 17.3 Å². The maximum atomic E-state index is 4.28. The van der Waals surface area contributed by atoms with Gasteiger partial charge in [-0.15, -0.1) is 11.8 Å². The summed E-state index contributed by atoms with van der Waals surface area (Å²) in [4.78, 5) is 1.75. The van der Waals surface area contributed by atoms with E-state index in [1.54, 1.807) is 27.4 Å². The van der Waals surface area contributed by atoms with Crippen molar-refractivity contribution in [1.29, 1.82) is 0 Å². The van der Waals surface area contributed by atoms with Crippen molar-refractivity contribution < 1.29 is 0 Å². The second-order valence-electron chi connectivity index (χ2n) is 15.4. The van der Waals surface area contributed by atoms with E-state index in [0.717, 1.165) is 23.0 Å². The Bertz CT molecular complexity index is 1490. The summed E-state index contributed by atoms with van der Waals surface area (Å²) in [5.41, 5.74) is 11.1. The van der Waals surface area contributed by atoms with E-state index in [1.165, 1.54) is 114 Å². The van der Waals surface area contributed by atoms with Crippen molar-refractivity contribution in [3.8, 4) is 0 Å². The monoisotopic (exact) mass is 616 g/mol. The lowest BCUT2D eigenvalue weighted by Gasteiger charge is -2.39. The van der Waals surface area contributed by atoms with Crippen LogP contribution in [0.4, 0.5) is 0 Å². The molecule has 1 aromatic rings. The molecule has 236 valence electrons. The van der Waals surface area contributed by atoms with Crippen LogP contribution in [0.3, 0.4) is 0 Å². The second-order valence-corrected chi connectivity index (χ2v) is 16.7. The molecule has 2 nitrogen and oxygen atoms in total. The third-order valence-electron chi connectivity index (χ3n) is 12.9. The van der Waals surface area contributed by atoms with Crippen molar-refractivity contribution >= 4 is 17.3 Å². The number of hydrogen-bond acceptors (Lipinski definition) is 3. The summed E-state index contributed by atoms with van der Waals surface area (Å²) in [6.07, 6.45) is 36.3. The van der Waals surface area contributed by atoms with E-state index in [2.05, 4.69) is 83.1 Å². The maximum absolute atomic E-state index is 4.28. The normalized spacial score (nSPS) is 37.2. The van der Waals surface area contributed by atoms with Gasteiger partial charge in [-0.05, 0) is 124 Å². The molecule has 0 aromatic heterocycles. The number of hydrogen-bond donors (Lipinski definition) is 2. The largest absolute Gasteiger partial charge is 0.385 e. The molecule has 45 heavy (non-hydrogen) atoms. The topological polar surface area (TPSA) is 24.1 Å². The fourth-order valence-corrected chi connectivity index (χ4v) is 12.4. The van der Waals surface area contributed by atoms with Gasteiger partial charge in [0, 0.05) is 51.4 Å². The minimum Gasteiger partial charge on any atom is -0.385 e. The minimum atomic E-state index is 0.448. The summed E-state index contributed by atoms with van der Waals surface area (Å²) in [6.45, 7) is 0. The first-order valence-corrected chi connectivity index (χ1v) is 19.7. The fourth-order valence-electron chi connectivity index (χ4n) is 10.7. The molecular formula is C42H52N2S. The molecule has 2 aliphatic heterocycles. The Morgan fingerprint density at radius 2 is 1.64 bits per heavy atom. The lowest BCUT2D eigenvalue weighted by molar-refractivity contribution is 0.298. The zero-order chi connectivity index (χ0) is 29.7. The summed E-state index contributed by atoms with van der Waals surface area (Å²) in [7, 11) is 0. The number of nitrogens with one attached hydrogen (secondary N) is 2. The Morgan fingerprint density at radius 1 is 0.756 bits per heavy atom. The van der Waals surface area contributed by atoms with E-state index in [4.69, 9.17) is 0 Å². The summed E-state index contributed by atoms with van der Waals surface area (Å²) >= 11 is 2.28. The Morgan fingerprint density at radius 3 is 2.56 bits per heavy atom. The molecule has 2 N–H and O–H groups in total. The molecule has 8 atom stereocenters. The van der Waals surface area contributed by atoms with E-state index < -0.39 is 0 Å². The number of allylic oxidation sites excluding steroid dienone is 10. The third kappa shape index (κ3) is 5.34. The van der Waals surface area contributed by atoms with Crippen LogP contribution in [0.1, 0.15) is 120 Å². The standard InChI is InChI=1S/C42H52N2S/c1-2-10-28(11-3-1)32-23-25-39(42-41(32)34-14-6-9-17-40(34)45-42)44-36-15-7-4-12-31(36)29-20-18-27(19-21-29)30-22-24-38-35(26-30)33-13-5-8-16-37(33)43-38/h4,6,10,12,14,18-21,26,31-34,36-37,40-41,43-44H,1-3,5,7-9,11,13,15-17,22-25H2. The third-order valence-corrected chi connectivity index (χ3v) is 14.6. The van der Waals surface area contributed by atoms with Crippen LogP contribution in [0.25, 0.3) is 5.57 Å². The second kappa shape index (κ2) is 12.3. The van der Waals surface area contributed by atoms with Gasteiger partial charge in [-0.1, -0.05) is 79.1 Å². The molecule has 8 aliphatic rings. The Kier molecular flexibility index (Phi) is 7.89. The summed E-state index contributed by atoms with van der Waals surface area (Å²) in [5, 5.41) is 8.98. The van der Waals surface area contributed by atoms with Gasteiger partial charge >= 0.3 is 0 Å². The molecule has 1 saturated carbocycles. The molecule has 8 unspecified atom stereocenters. The first-order valence-electron chi connectivity index (χ1n) is 18.8. The van der Waals surface area contributed by atoms with Crippen LogP contribution < -0.4 is 10.6 Å². The van der Waals surface area contributed by atoms with E-state index in [9.17, 15) is 0 Å². The zero-order valence-corrected chi connectivity index (χ0v) is 27.9. The summed E-state index contributed by atoms with van der Waals surface area (Å²) < 4.78 is 0. The van der Waals surface area contributed by atoms with Gasteiger partial charge in [-0.25, -0.2) is 0 Å². The van der Waals surface area contributed by atoms with E-state index in [-0.39, 0.29) is 0 Å². The van der Waals surface area contributed by atoms with Gasteiger partial charge in [0.1, 0.15) is 0 Å². The molecule has 9 rings (SSSR count). The van der Waals surface area contributed by atoms with Gasteiger partial charge in [0.2, 0.25) is 0 Å². The number of thioether (sulfide) groups is 1. The van der Waals surface area contributed by atoms with Crippen LogP contribution >= 0.6 is 11.8 Å². The molecule has 3 heteroatoms. The SMILES string of the molecule is C1=CC(c2ccc(C3=CC4=C(CC3)NC3CCCCC43)cc2)C(NC2=C3SC4CCC=CC4C3C(C3=CCCCC3)CC2)CC1. The van der Waals surface area contributed by atoms with Crippen molar-refractivity contribution in [2.75, 3.05) is 0 Å². The molecule has 0 amide bonds. The highest BCUT2D eigenvalue weighted by Gasteiger charge is 2.48. The number of benzene rings is 1. The quantitative estimate of drug-likeness (QED) is 0.322. The molecule has 6 aliphatic carbocycles. The average Bonchev–Trinajstić information content (AvgIpc) is 3.68. The van der Waals surface area contributed by atoms with Crippen LogP contribution in [0, 0.1) is 23.7 Å². The number of rotatable bonds is 5. The fraction of sp³-hybridized carbons (Fsp3) is 0.571. The lowest BCUT2D eigenvalue weighted by Crippen LogP contribution is -2.38. The van der Waals surface area contributed by atoms with Crippen molar-refractivity contribution in [3.63, 3.8) is 0 Å².